The summed E-state index contributed by atoms with van der Waals surface area (Å²) in [5.74, 6) is -0.499. The summed E-state index contributed by atoms with van der Waals surface area (Å²) in [5, 5.41) is 2.69. The SMILES string of the molecule is COC(=O)N[C@H](C(=O)N1CCC[C@H]1C(=O)OC)C1CCCCC1. The Bertz CT molecular complexity index is 448. The average Bonchev–Trinajstić information content (AvgIpc) is 3.08. The largest absolute Gasteiger partial charge is 0.467 e. The first-order valence-electron chi connectivity index (χ1n) is 8.31. The summed E-state index contributed by atoms with van der Waals surface area (Å²) in [5.41, 5.74) is 0. The molecule has 0 unspecified atom stereocenters. The Morgan fingerprint density at radius 1 is 1.00 bits per heavy atom. The van der Waals surface area contributed by atoms with Crippen LogP contribution in [0.15, 0.2) is 0 Å². The Morgan fingerprint density at radius 2 is 1.70 bits per heavy atom. The van der Waals surface area contributed by atoms with Crippen LogP contribution in [0.3, 0.4) is 0 Å². The molecule has 0 aromatic heterocycles. The van der Waals surface area contributed by atoms with Crippen LogP contribution in [0.5, 0.6) is 0 Å². The zero-order valence-electron chi connectivity index (χ0n) is 13.9. The van der Waals surface area contributed by atoms with E-state index < -0.39 is 24.1 Å². The molecule has 2 rings (SSSR count). The van der Waals surface area contributed by atoms with Gasteiger partial charge in [0.2, 0.25) is 5.91 Å². The summed E-state index contributed by atoms with van der Waals surface area (Å²) in [6.07, 6.45) is 5.82. The van der Waals surface area contributed by atoms with Gasteiger partial charge in [0.05, 0.1) is 14.2 Å². The van der Waals surface area contributed by atoms with E-state index in [1.807, 2.05) is 0 Å². The lowest BCUT2D eigenvalue weighted by molar-refractivity contribution is -0.152. The van der Waals surface area contributed by atoms with Crippen molar-refractivity contribution in [2.75, 3.05) is 20.8 Å². The van der Waals surface area contributed by atoms with Gasteiger partial charge in [0.25, 0.3) is 0 Å². The highest BCUT2D eigenvalue weighted by Gasteiger charge is 2.41. The Labute approximate surface area is 136 Å². The van der Waals surface area contributed by atoms with Gasteiger partial charge in [-0.05, 0) is 31.6 Å². The zero-order valence-corrected chi connectivity index (χ0v) is 13.9. The minimum absolute atomic E-state index is 0.0919. The predicted molar refractivity (Wildman–Crippen MR) is 82.7 cm³/mol. The molecule has 7 heteroatoms. The van der Waals surface area contributed by atoms with Crippen molar-refractivity contribution in [3.05, 3.63) is 0 Å². The van der Waals surface area contributed by atoms with Crippen molar-refractivity contribution < 1.29 is 23.9 Å². The molecule has 2 atom stereocenters. The van der Waals surface area contributed by atoms with E-state index in [4.69, 9.17) is 4.74 Å². The number of carbonyl (C=O) groups excluding carboxylic acids is 3. The molecule has 2 aliphatic rings. The van der Waals surface area contributed by atoms with Gasteiger partial charge in [0.15, 0.2) is 0 Å². The Hall–Kier alpha value is -1.79. The van der Waals surface area contributed by atoms with Gasteiger partial charge in [-0.3, -0.25) is 4.79 Å². The van der Waals surface area contributed by atoms with E-state index in [9.17, 15) is 14.4 Å². The average molecular weight is 326 g/mol. The second kappa shape index (κ2) is 8.17. The highest BCUT2D eigenvalue weighted by atomic mass is 16.5. The van der Waals surface area contributed by atoms with Gasteiger partial charge in [-0.25, -0.2) is 9.59 Å². The molecule has 0 radical (unpaired) electrons. The van der Waals surface area contributed by atoms with Crippen molar-refractivity contribution >= 4 is 18.0 Å². The van der Waals surface area contributed by atoms with Gasteiger partial charge in [-0.2, -0.15) is 0 Å². The predicted octanol–water partition coefficient (Wildman–Crippen LogP) is 1.46. The molecule has 1 aliphatic carbocycles. The van der Waals surface area contributed by atoms with Crippen LogP contribution in [0, 0.1) is 5.92 Å². The van der Waals surface area contributed by atoms with Gasteiger partial charge < -0.3 is 19.7 Å². The molecule has 1 aliphatic heterocycles. The van der Waals surface area contributed by atoms with Crippen LogP contribution in [0.4, 0.5) is 4.79 Å². The molecular formula is C16H26N2O5. The molecular weight excluding hydrogens is 300 g/mol. The van der Waals surface area contributed by atoms with Gasteiger partial charge >= 0.3 is 12.1 Å². The number of nitrogens with one attached hydrogen (secondary N) is 1. The molecule has 0 aromatic rings. The van der Waals surface area contributed by atoms with Crippen LogP contribution in [-0.2, 0) is 19.1 Å². The third-order valence-corrected chi connectivity index (χ3v) is 4.86. The first-order valence-corrected chi connectivity index (χ1v) is 8.31. The lowest BCUT2D eigenvalue weighted by atomic mass is 9.83. The fourth-order valence-corrected chi connectivity index (χ4v) is 3.62. The fourth-order valence-electron chi connectivity index (χ4n) is 3.62. The lowest BCUT2D eigenvalue weighted by Gasteiger charge is -2.33. The van der Waals surface area contributed by atoms with Crippen molar-refractivity contribution in [1.82, 2.24) is 10.2 Å². The van der Waals surface area contributed by atoms with E-state index in [0.717, 1.165) is 38.5 Å². The second-order valence-electron chi connectivity index (χ2n) is 6.22. The van der Waals surface area contributed by atoms with Crippen LogP contribution in [-0.4, -0.2) is 55.7 Å². The summed E-state index contributed by atoms with van der Waals surface area (Å²) < 4.78 is 9.46. The molecule has 7 nitrogen and oxygen atoms in total. The maximum Gasteiger partial charge on any atom is 0.407 e. The molecule has 1 saturated carbocycles. The fraction of sp³-hybridized carbons (Fsp3) is 0.812. The number of hydrogen-bond acceptors (Lipinski definition) is 5. The van der Waals surface area contributed by atoms with E-state index in [1.165, 1.54) is 14.2 Å². The quantitative estimate of drug-likeness (QED) is 0.791. The molecule has 1 heterocycles. The van der Waals surface area contributed by atoms with Crippen LogP contribution in [0.2, 0.25) is 0 Å². The van der Waals surface area contributed by atoms with Crippen LogP contribution < -0.4 is 5.32 Å². The van der Waals surface area contributed by atoms with Crippen LogP contribution >= 0.6 is 0 Å². The number of alkyl carbamates (subject to hydrolysis) is 1. The number of nitrogens with zero attached hydrogens (tertiary/aromatic N) is 1. The van der Waals surface area contributed by atoms with Crippen molar-refractivity contribution in [3.63, 3.8) is 0 Å². The standard InChI is InChI=1S/C16H26N2O5/c1-22-15(20)12-9-6-10-18(12)14(19)13(17-16(21)23-2)11-7-4-3-5-8-11/h11-13H,3-10H2,1-2H3,(H,17,21)/t12-,13-/m0/s1. The van der Waals surface area contributed by atoms with E-state index in [2.05, 4.69) is 10.1 Å². The minimum Gasteiger partial charge on any atom is -0.467 e. The summed E-state index contributed by atoms with van der Waals surface area (Å²) >= 11 is 0. The molecule has 130 valence electrons. The van der Waals surface area contributed by atoms with Gasteiger partial charge in [-0.1, -0.05) is 19.3 Å². The van der Waals surface area contributed by atoms with Crippen molar-refractivity contribution in [2.45, 2.75) is 57.0 Å². The lowest BCUT2D eigenvalue weighted by Crippen LogP contribution is -2.55. The number of carbonyl (C=O) groups is 3. The number of esters is 1. The van der Waals surface area contributed by atoms with Gasteiger partial charge in [0.1, 0.15) is 12.1 Å². The third-order valence-electron chi connectivity index (χ3n) is 4.86. The molecule has 0 spiro atoms. The third kappa shape index (κ3) is 4.14. The first kappa shape index (κ1) is 17.6. The van der Waals surface area contributed by atoms with Crippen molar-refractivity contribution in [2.24, 2.45) is 5.92 Å². The number of likely N-dealkylation sites (tertiary alicyclic amines) is 1. The minimum atomic E-state index is -0.631. The maximum atomic E-state index is 13.0. The Morgan fingerprint density at radius 3 is 2.30 bits per heavy atom. The molecule has 1 saturated heterocycles. The molecule has 23 heavy (non-hydrogen) atoms. The monoisotopic (exact) mass is 326 g/mol. The number of ether oxygens (including phenoxy) is 2. The number of methoxy groups -OCH3 is 2. The van der Waals surface area contributed by atoms with Crippen LogP contribution in [0.25, 0.3) is 0 Å². The number of rotatable bonds is 4. The van der Waals surface area contributed by atoms with Crippen molar-refractivity contribution in [1.29, 1.82) is 0 Å². The molecule has 2 fully saturated rings. The molecule has 1 N–H and O–H groups in total. The smallest absolute Gasteiger partial charge is 0.407 e. The first-order chi connectivity index (χ1) is 11.1. The summed E-state index contributed by atoms with van der Waals surface area (Å²) in [7, 11) is 2.61. The van der Waals surface area contributed by atoms with Crippen molar-refractivity contribution in [3.8, 4) is 0 Å². The summed E-state index contributed by atoms with van der Waals surface area (Å²) in [6.45, 7) is 0.519. The molecule has 0 bridgehead atoms. The highest BCUT2D eigenvalue weighted by Crippen LogP contribution is 2.29. The number of hydrogen-bond donors (Lipinski definition) is 1. The Kier molecular flexibility index (Phi) is 6.24. The van der Waals surface area contributed by atoms with Gasteiger partial charge in [0, 0.05) is 6.54 Å². The van der Waals surface area contributed by atoms with Crippen LogP contribution in [0.1, 0.15) is 44.9 Å². The zero-order chi connectivity index (χ0) is 16.8. The van der Waals surface area contributed by atoms with E-state index in [1.54, 1.807) is 4.90 Å². The summed E-state index contributed by atoms with van der Waals surface area (Å²) in [6, 6.07) is -1.17. The second-order valence-corrected chi connectivity index (χ2v) is 6.22. The molecule has 0 aromatic carbocycles. The van der Waals surface area contributed by atoms with Gasteiger partial charge in [-0.15, -0.1) is 0 Å². The normalized spacial score (nSPS) is 23.2. The summed E-state index contributed by atoms with van der Waals surface area (Å²) in [4.78, 5) is 38.1. The van der Waals surface area contributed by atoms with E-state index in [-0.39, 0.29) is 11.8 Å². The maximum absolute atomic E-state index is 13.0. The highest BCUT2D eigenvalue weighted by molar-refractivity contribution is 5.90. The van der Waals surface area contributed by atoms with E-state index >= 15 is 0 Å². The number of amides is 2. The van der Waals surface area contributed by atoms with E-state index in [0.29, 0.717) is 13.0 Å². The Balaban J connectivity index is 2.14. The topological polar surface area (TPSA) is 84.9 Å². The molecule has 2 amide bonds.